The number of nitrogens with two attached hydrogens (primary N) is 1. The van der Waals surface area contributed by atoms with Crippen LogP contribution >= 0.6 is 0 Å². The molecule has 0 aliphatic heterocycles. The van der Waals surface area contributed by atoms with E-state index in [1.165, 1.54) is 18.9 Å². The Bertz CT molecular complexity index is 347. The highest BCUT2D eigenvalue weighted by molar-refractivity contribution is 5.55. The Labute approximate surface area is 89.9 Å². The monoisotopic (exact) mass is 208 g/mol. The van der Waals surface area contributed by atoms with Gasteiger partial charge in [-0.2, -0.15) is 0 Å². The van der Waals surface area contributed by atoms with Crippen LogP contribution in [0.1, 0.15) is 18.4 Å². The summed E-state index contributed by atoms with van der Waals surface area (Å²) in [6, 6.07) is 5.63. The van der Waals surface area contributed by atoms with Crippen LogP contribution in [0, 0.1) is 5.82 Å². The Morgan fingerprint density at radius 3 is 2.80 bits per heavy atom. The summed E-state index contributed by atoms with van der Waals surface area (Å²) < 4.78 is 13.1. The van der Waals surface area contributed by atoms with Crippen molar-refractivity contribution in [2.24, 2.45) is 5.73 Å². The van der Waals surface area contributed by atoms with E-state index in [2.05, 4.69) is 11.9 Å². The zero-order valence-corrected chi connectivity index (χ0v) is 9.04. The number of benzene rings is 1. The van der Waals surface area contributed by atoms with E-state index < -0.39 is 0 Å². The van der Waals surface area contributed by atoms with E-state index in [0.29, 0.717) is 12.6 Å². The third kappa shape index (κ3) is 2.29. The van der Waals surface area contributed by atoms with Crippen molar-refractivity contribution in [3.05, 3.63) is 29.6 Å². The summed E-state index contributed by atoms with van der Waals surface area (Å²) in [5.41, 5.74) is 7.68. The van der Waals surface area contributed by atoms with Gasteiger partial charge in [-0.3, -0.25) is 0 Å². The molecule has 0 spiro atoms. The van der Waals surface area contributed by atoms with Gasteiger partial charge < -0.3 is 10.6 Å². The van der Waals surface area contributed by atoms with Crippen LogP contribution in [0.5, 0.6) is 0 Å². The van der Waals surface area contributed by atoms with Crippen molar-refractivity contribution < 1.29 is 4.39 Å². The van der Waals surface area contributed by atoms with Crippen molar-refractivity contribution >= 4 is 5.69 Å². The van der Waals surface area contributed by atoms with E-state index in [4.69, 9.17) is 5.73 Å². The molecule has 1 saturated carbocycles. The molecule has 1 aromatic carbocycles. The number of hydrogen-bond donors (Lipinski definition) is 1. The standard InChI is InChI=1S/C12H17FN2/c1-15(11-3-4-11)12-5-2-10(13)8-9(12)6-7-14/h2,5,8,11H,3-4,6-7,14H2,1H3. The van der Waals surface area contributed by atoms with Crippen molar-refractivity contribution in [2.45, 2.75) is 25.3 Å². The lowest BCUT2D eigenvalue weighted by molar-refractivity contribution is 0.625. The average molecular weight is 208 g/mol. The van der Waals surface area contributed by atoms with Crippen LogP contribution < -0.4 is 10.6 Å². The number of anilines is 1. The largest absolute Gasteiger partial charge is 0.371 e. The molecule has 2 N–H and O–H groups in total. The summed E-state index contributed by atoms with van der Waals surface area (Å²) in [4.78, 5) is 2.24. The lowest BCUT2D eigenvalue weighted by Gasteiger charge is -2.22. The molecule has 82 valence electrons. The maximum Gasteiger partial charge on any atom is 0.123 e. The van der Waals surface area contributed by atoms with Crippen LogP contribution in [0.15, 0.2) is 18.2 Å². The van der Waals surface area contributed by atoms with Crippen LogP contribution in [0.2, 0.25) is 0 Å². The van der Waals surface area contributed by atoms with Crippen molar-refractivity contribution in [3.63, 3.8) is 0 Å². The molecule has 0 unspecified atom stereocenters. The van der Waals surface area contributed by atoms with E-state index in [9.17, 15) is 4.39 Å². The van der Waals surface area contributed by atoms with Crippen LogP contribution in [-0.2, 0) is 6.42 Å². The Morgan fingerprint density at radius 1 is 1.47 bits per heavy atom. The fourth-order valence-corrected chi connectivity index (χ4v) is 1.91. The summed E-state index contributed by atoms with van der Waals surface area (Å²) in [6.45, 7) is 0.564. The first kappa shape index (κ1) is 10.4. The van der Waals surface area contributed by atoms with Crippen LogP contribution in [-0.4, -0.2) is 19.6 Å². The predicted octanol–water partition coefficient (Wildman–Crippen LogP) is 1.93. The fourth-order valence-electron chi connectivity index (χ4n) is 1.91. The number of nitrogens with zero attached hydrogens (tertiary/aromatic N) is 1. The molecule has 0 aromatic heterocycles. The lowest BCUT2D eigenvalue weighted by atomic mass is 10.1. The lowest BCUT2D eigenvalue weighted by Crippen LogP contribution is -2.21. The van der Waals surface area contributed by atoms with E-state index >= 15 is 0 Å². The van der Waals surface area contributed by atoms with Crippen LogP contribution in [0.25, 0.3) is 0 Å². The molecule has 0 heterocycles. The molecule has 15 heavy (non-hydrogen) atoms. The van der Waals surface area contributed by atoms with E-state index in [0.717, 1.165) is 17.7 Å². The van der Waals surface area contributed by atoms with Gasteiger partial charge in [0.15, 0.2) is 0 Å². The first-order valence-electron chi connectivity index (χ1n) is 5.43. The van der Waals surface area contributed by atoms with E-state index in [1.54, 1.807) is 6.07 Å². The van der Waals surface area contributed by atoms with Crippen LogP contribution in [0.3, 0.4) is 0 Å². The summed E-state index contributed by atoms with van der Waals surface area (Å²) >= 11 is 0. The zero-order valence-electron chi connectivity index (χ0n) is 9.04. The molecular weight excluding hydrogens is 191 g/mol. The second-order valence-corrected chi connectivity index (χ2v) is 4.15. The SMILES string of the molecule is CN(c1ccc(F)cc1CCN)C1CC1. The normalized spacial score (nSPS) is 15.4. The minimum Gasteiger partial charge on any atom is -0.371 e. The summed E-state index contributed by atoms with van der Waals surface area (Å²) in [5.74, 6) is -0.175. The zero-order chi connectivity index (χ0) is 10.8. The van der Waals surface area contributed by atoms with E-state index in [1.807, 2.05) is 6.07 Å². The highest BCUT2D eigenvalue weighted by Crippen LogP contribution is 2.32. The van der Waals surface area contributed by atoms with Crippen molar-refractivity contribution in [2.75, 3.05) is 18.5 Å². The molecule has 3 heteroatoms. The molecular formula is C12H17FN2. The van der Waals surface area contributed by atoms with Crippen molar-refractivity contribution in [1.82, 2.24) is 0 Å². The average Bonchev–Trinajstić information content (AvgIpc) is 3.01. The Morgan fingerprint density at radius 2 is 2.20 bits per heavy atom. The molecule has 1 aliphatic carbocycles. The topological polar surface area (TPSA) is 29.3 Å². The van der Waals surface area contributed by atoms with Gasteiger partial charge in [0.25, 0.3) is 0 Å². The van der Waals surface area contributed by atoms with Gasteiger partial charge in [-0.05, 0) is 49.6 Å². The third-order valence-electron chi connectivity index (χ3n) is 2.93. The van der Waals surface area contributed by atoms with Gasteiger partial charge in [-0.25, -0.2) is 4.39 Å². The Hall–Kier alpha value is -1.09. The molecule has 1 aromatic rings. The summed E-state index contributed by atoms with van der Waals surface area (Å²) in [5, 5.41) is 0. The highest BCUT2D eigenvalue weighted by atomic mass is 19.1. The Balaban J connectivity index is 2.27. The maximum atomic E-state index is 13.1. The van der Waals surface area contributed by atoms with Gasteiger partial charge in [0.2, 0.25) is 0 Å². The predicted molar refractivity (Wildman–Crippen MR) is 60.6 cm³/mol. The highest BCUT2D eigenvalue weighted by Gasteiger charge is 2.27. The minimum atomic E-state index is -0.175. The molecule has 0 bridgehead atoms. The van der Waals surface area contributed by atoms with Crippen molar-refractivity contribution in [3.8, 4) is 0 Å². The molecule has 1 aliphatic rings. The molecule has 0 saturated heterocycles. The first-order valence-corrected chi connectivity index (χ1v) is 5.43. The Kier molecular flexibility index (Phi) is 2.91. The molecule has 2 rings (SSSR count). The number of rotatable bonds is 4. The smallest absolute Gasteiger partial charge is 0.123 e. The third-order valence-corrected chi connectivity index (χ3v) is 2.93. The molecule has 0 atom stereocenters. The maximum absolute atomic E-state index is 13.1. The van der Waals surface area contributed by atoms with Gasteiger partial charge in [0.05, 0.1) is 0 Å². The summed E-state index contributed by atoms with van der Waals surface area (Å²) in [6.07, 6.45) is 3.23. The molecule has 0 radical (unpaired) electrons. The van der Waals surface area contributed by atoms with Gasteiger partial charge >= 0.3 is 0 Å². The van der Waals surface area contributed by atoms with Gasteiger partial charge in [-0.15, -0.1) is 0 Å². The fraction of sp³-hybridized carbons (Fsp3) is 0.500. The second-order valence-electron chi connectivity index (χ2n) is 4.15. The van der Waals surface area contributed by atoms with Gasteiger partial charge in [0, 0.05) is 18.8 Å². The molecule has 1 fully saturated rings. The second kappa shape index (κ2) is 4.19. The number of halogens is 1. The van der Waals surface area contributed by atoms with E-state index in [-0.39, 0.29) is 5.82 Å². The van der Waals surface area contributed by atoms with Crippen LogP contribution in [0.4, 0.5) is 10.1 Å². The molecule has 0 amide bonds. The minimum absolute atomic E-state index is 0.175. The number of hydrogen-bond acceptors (Lipinski definition) is 2. The first-order chi connectivity index (χ1) is 7.22. The van der Waals surface area contributed by atoms with Gasteiger partial charge in [-0.1, -0.05) is 0 Å². The van der Waals surface area contributed by atoms with Crippen molar-refractivity contribution in [1.29, 1.82) is 0 Å². The van der Waals surface area contributed by atoms with Gasteiger partial charge in [0.1, 0.15) is 5.82 Å². The molecule has 2 nitrogen and oxygen atoms in total. The summed E-state index contributed by atoms with van der Waals surface area (Å²) in [7, 11) is 2.07. The quantitative estimate of drug-likeness (QED) is 0.819.